The van der Waals surface area contributed by atoms with Crippen molar-refractivity contribution in [3.05, 3.63) is 29.0 Å². The van der Waals surface area contributed by atoms with Crippen LogP contribution >= 0.6 is 11.6 Å². The van der Waals surface area contributed by atoms with Crippen LogP contribution in [0, 0.1) is 11.7 Å². The van der Waals surface area contributed by atoms with Gasteiger partial charge in [-0.1, -0.05) is 24.4 Å². The lowest BCUT2D eigenvalue weighted by molar-refractivity contribution is 0.286. The summed E-state index contributed by atoms with van der Waals surface area (Å²) in [5.74, 6) is 0.383. The maximum Gasteiger partial charge on any atom is 0.124 e. The van der Waals surface area contributed by atoms with Crippen LogP contribution in [0.1, 0.15) is 38.5 Å². The second kappa shape index (κ2) is 6.31. The summed E-state index contributed by atoms with van der Waals surface area (Å²) >= 11 is 6.12. The second-order valence-electron chi connectivity index (χ2n) is 6.03. The first-order valence-electron chi connectivity index (χ1n) is 7.69. The van der Waals surface area contributed by atoms with E-state index in [9.17, 15) is 4.39 Å². The molecule has 3 unspecified atom stereocenters. The molecule has 0 bridgehead atoms. The molecular weight excluding hydrogens is 275 g/mol. The van der Waals surface area contributed by atoms with Gasteiger partial charge in [-0.05, 0) is 56.3 Å². The van der Waals surface area contributed by atoms with Gasteiger partial charge in [0.25, 0.3) is 0 Å². The minimum atomic E-state index is -0.280. The molecule has 3 rings (SSSR count). The van der Waals surface area contributed by atoms with E-state index in [0.717, 1.165) is 12.2 Å². The van der Waals surface area contributed by atoms with E-state index in [1.807, 2.05) is 0 Å². The van der Waals surface area contributed by atoms with Gasteiger partial charge in [-0.2, -0.15) is 0 Å². The molecule has 0 radical (unpaired) electrons. The minimum Gasteiger partial charge on any atom is -0.381 e. The molecule has 2 aliphatic rings. The summed E-state index contributed by atoms with van der Waals surface area (Å²) in [5.41, 5.74) is 0.862. The fraction of sp³-hybridized carbons (Fsp3) is 0.625. The van der Waals surface area contributed by atoms with E-state index < -0.39 is 0 Å². The zero-order valence-corrected chi connectivity index (χ0v) is 12.4. The molecule has 2 N–H and O–H groups in total. The van der Waals surface area contributed by atoms with Crippen molar-refractivity contribution in [2.24, 2.45) is 5.92 Å². The number of benzene rings is 1. The first kappa shape index (κ1) is 14.2. The topological polar surface area (TPSA) is 24.1 Å². The maximum absolute atomic E-state index is 13.1. The standard InChI is InChI=1S/C16H22ClFN2/c17-13-10-11(18)7-8-16(13)20-15-6-3-4-12(15)14-5-1-2-9-19-14/h7-8,10,12,14-15,19-20H,1-6,9H2. The smallest absolute Gasteiger partial charge is 0.124 e. The summed E-state index contributed by atoms with van der Waals surface area (Å²) in [6.45, 7) is 1.14. The van der Waals surface area contributed by atoms with Crippen LogP contribution in [0.4, 0.5) is 10.1 Å². The predicted molar refractivity (Wildman–Crippen MR) is 81.8 cm³/mol. The van der Waals surface area contributed by atoms with E-state index in [2.05, 4.69) is 10.6 Å². The molecule has 1 saturated heterocycles. The molecule has 1 aromatic carbocycles. The molecule has 4 heteroatoms. The molecule has 0 aromatic heterocycles. The van der Waals surface area contributed by atoms with Gasteiger partial charge in [-0.3, -0.25) is 0 Å². The van der Waals surface area contributed by atoms with Crippen molar-refractivity contribution in [2.45, 2.75) is 50.6 Å². The van der Waals surface area contributed by atoms with Crippen LogP contribution in [-0.4, -0.2) is 18.6 Å². The Hall–Kier alpha value is -0.800. The molecule has 1 saturated carbocycles. The average Bonchev–Trinajstić information content (AvgIpc) is 2.91. The van der Waals surface area contributed by atoms with Gasteiger partial charge in [0, 0.05) is 12.1 Å². The van der Waals surface area contributed by atoms with Gasteiger partial charge >= 0.3 is 0 Å². The average molecular weight is 297 g/mol. The molecule has 1 aliphatic heterocycles. The summed E-state index contributed by atoms with van der Waals surface area (Å²) in [6.07, 6.45) is 7.62. The largest absolute Gasteiger partial charge is 0.381 e. The second-order valence-corrected chi connectivity index (χ2v) is 6.43. The fourth-order valence-electron chi connectivity index (χ4n) is 3.70. The minimum absolute atomic E-state index is 0.280. The first-order valence-corrected chi connectivity index (χ1v) is 8.07. The van der Waals surface area contributed by atoms with Crippen LogP contribution in [0.2, 0.25) is 5.02 Å². The van der Waals surface area contributed by atoms with Gasteiger partial charge < -0.3 is 10.6 Å². The molecule has 0 amide bonds. The van der Waals surface area contributed by atoms with Gasteiger partial charge in [0.2, 0.25) is 0 Å². The van der Waals surface area contributed by atoms with E-state index in [1.165, 1.54) is 50.7 Å². The quantitative estimate of drug-likeness (QED) is 0.873. The number of piperidine rings is 1. The molecule has 1 aliphatic carbocycles. The van der Waals surface area contributed by atoms with Crippen LogP contribution in [0.25, 0.3) is 0 Å². The number of nitrogens with one attached hydrogen (secondary N) is 2. The third-order valence-electron chi connectivity index (χ3n) is 4.71. The van der Waals surface area contributed by atoms with Crippen LogP contribution in [0.3, 0.4) is 0 Å². The summed E-state index contributed by atoms with van der Waals surface area (Å²) < 4.78 is 13.1. The van der Waals surface area contributed by atoms with E-state index >= 15 is 0 Å². The SMILES string of the molecule is Fc1ccc(NC2CCCC2C2CCCCN2)c(Cl)c1. The molecule has 2 fully saturated rings. The summed E-state index contributed by atoms with van der Waals surface area (Å²) in [4.78, 5) is 0. The fourth-order valence-corrected chi connectivity index (χ4v) is 3.92. The van der Waals surface area contributed by atoms with E-state index in [1.54, 1.807) is 6.07 Å². The zero-order chi connectivity index (χ0) is 13.9. The third kappa shape index (κ3) is 3.09. The van der Waals surface area contributed by atoms with Crippen LogP contribution in [0.5, 0.6) is 0 Å². The highest BCUT2D eigenvalue weighted by Crippen LogP contribution is 2.35. The number of rotatable bonds is 3. The van der Waals surface area contributed by atoms with Crippen molar-refractivity contribution in [3.63, 3.8) is 0 Å². The lowest BCUT2D eigenvalue weighted by Crippen LogP contribution is -2.44. The molecule has 0 spiro atoms. The Labute approximate surface area is 125 Å². The van der Waals surface area contributed by atoms with Crippen molar-refractivity contribution in [1.82, 2.24) is 5.32 Å². The molecule has 1 heterocycles. The number of hydrogen-bond acceptors (Lipinski definition) is 2. The molecule has 20 heavy (non-hydrogen) atoms. The summed E-state index contributed by atoms with van der Waals surface area (Å²) in [7, 11) is 0. The lowest BCUT2D eigenvalue weighted by Gasteiger charge is -2.33. The van der Waals surface area contributed by atoms with E-state index in [-0.39, 0.29) is 5.82 Å². The Balaban J connectivity index is 1.68. The van der Waals surface area contributed by atoms with Crippen molar-refractivity contribution in [1.29, 1.82) is 0 Å². The van der Waals surface area contributed by atoms with Crippen molar-refractivity contribution < 1.29 is 4.39 Å². The lowest BCUT2D eigenvalue weighted by atomic mass is 9.88. The summed E-state index contributed by atoms with van der Waals surface area (Å²) in [5, 5.41) is 7.69. The number of halogens is 2. The van der Waals surface area contributed by atoms with Crippen LogP contribution < -0.4 is 10.6 Å². The molecule has 110 valence electrons. The predicted octanol–water partition coefficient (Wildman–Crippen LogP) is 4.20. The Kier molecular flexibility index (Phi) is 4.47. The number of anilines is 1. The van der Waals surface area contributed by atoms with Crippen LogP contribution in [0.15, 0.2) is 18.2 Å². The highest BCUT2D eigenvalue weighted by atomic mass is 35.5. The molecule has 1 aromatic rings. The van der Waals surface area contributed by atoms with Gasteiger partial charge in [0.05, 0.1) is 10.7 Å². The third-order valence-corrected chi connectivity index (χ3v) is 5.02. The monoisotopic (exact) mass is 296 g/mol. The first-order chi connectivity index (χ1) is 9.74. The van der Waals surface area contributed by atoms with Gasteiger partial charge in [-0.25, -0.2) is 4.39 Å². The molecule has 2 nitrogen and oxygen atoms in total. The van der Waals surface area contributed by atoms with Gasteiger partial charge in [-0.15, -0.1) is 0 Å². The van der Waals surface area contributed by atoms with E-state index in [4.69, 9.17) is 11.6 Å². The van der Waals surface area contributed by atoms with Crippen molar-refractivity contribution >= 4 is 17.3 Å². The van der Waals surface area contributed by atoms with Crippen molar-refractivity contribution in [2.75, 3.05) is 11.9 Å². The maximum atomic E-state index is 13.1. The van der Waals surface area contributed by atoms with Crippen LogP contribution in [-0.2, 0) is 0 Å². The van der Waals surface area contributed by atoms with E-state index in [0.29, 0.717) is 23.0 Å². The highest BCUT2D eigenvalue weighted by Gasteiger charge is 2.34. The molecule has 3 atom stereocenters. The Morgan fingerprint density at radius 1 is 1.15 bits per heavy atom. The Bertz CT molecular complexity index is 460. The number of hydrogen-bond donors (Lipinski definition) is 2. The highest BCUT2D eigenvalue weighted by molar-refractivity contribution is 6.33. The Morgan fingerprint density at radius 2 is 2.05 bits per heavy atom. The molecular formula is C16H22ClFN2. The normalized spacial score (nSPS) is 30.4. The zero-order valence-electron chi connectivity index (χ0n) is 11.7. The van der Waals surface area contributed by atoms with Gasteiger partial charge in [0.1, 0.15) is 5.82 Å². The Morgan fingerprint density at radius 3 is 2.80 bits per heavy atom. The summed E-state index contributed by atoms with van der Waals surface area (Å²) in [6, 6.07) is 5.68. The van der Waals surface area contributed by atoms with Gasteiger partial charge in [0.15, 0.2) is 0 Å². The van der Waals surface area contributed by atoms with Crippen molar-refractivity contribution in [3.8, 4) is 0 Å².